The van der Waals surface area contributed by atoms with E-state index in [1.54, 1.807) is 0 Å². The van der Waals surface area contributed by atoms with Crippen molar-refractivity contribution in [2.45, 2.75) is 33.2 Å². The van der Waals surface area contributed by atoms with Crippen molar-refractivity contribution in [3.8, 4) is 5.75 Å². The van der Waals surface area contributed by atoms with Gasteiger partial charge in [-0.05, 0) is 54.4 Å². The molecule has 84 valence electrons. The highest BCUT2D eigenvalue weighted by Gasteiger charge is 2.02. The SMILES string of the molecule is CCCOc1ccc(NC(C)C)cc1Br. The smallest absolute Gasteiger partial charge is 0.133 e. The summed E-state index contributed by atoms with van der Waals surface area (Å²) in [4.78, 5) is 0. The van der Waals surface area contributed by atoms with Gasteiger partial charge >= 0.3 is 0 Å². The molecule has 0 aliphatic carbocycles. The average molecular weight is 272 g/mol. The Morgan fingerprint density at radius 2 is 2.13 bits per heavy atom. The Kier molecular flexibility index (Phi) is 4.95. The van der Waals surface area contributed by atoms with Crippen molar-refractivity contribution in [1.29, 1.82) is 0 Å². The molecule has 1 aromatic rings. The molecule has 1 aromatic carbocycles. The fraction of sp³-hybridized carbons (Fsp3) is 0.500. The molecule has 0 saturated heterocycles. The normalized spacial score (nSPS) is 10.5. The molecule has 2 nitrogen and oxygen atoms in total. The minimum absolute atomic E-state index is 0.444. The van der Waals surface area contributed by atoms with Gasteiger partial charge in [-0.2, -0.15) is 0 Å². The van der Waals surface area contributed by atoms with Crippen LogP contribution in [-0.2, 0) is 0 Å². The van der Waals surface area contributed by atoms with Gasteiger partial charge in [-0.25, -0.2) is 0 Å². The van der Waals surface area contributed by atoms with Crippen LogP contribution in [0.1, 0.15) is 27.2 Å². The van der Waals surface area contributed by atoms with Crippen molar-refractivity contribution in [3.63, 3.8) is 0 Å². The summed E-state index contributed by atoms with van der Waals surface area (Å²) in [7, 11) is 0. The molecule has 0 spiro atoms. The van der Waals surface area contributed by atoms with Crippen LogP contribution in [0.5, 0.6) is 5.75 Å². The molecule has 0 bridgehead atoms. The van der Waals surface area contributed by atoms with Gasteiger partial charge in [0.1, 0.15) is 5.75 Å². The summed E-state index contributed by atoms with van der Waals surface area (Å²) in [5.74, 6) is 0.908. The zero-order valence-corrected chi connectivity index (χ0v) is 11.1. The summed E-state index contributed by atoms with van der Waals surface area (Å²) in [5, 5.41) is 3.34. The van der Waals surface area contributed by atoms with E-state index >= 15 is 0 Å². The fourth-order valence-corrected chi connectivity index (χ4v) is 1.75. The lowest BCUT2D eigenvalue weighted by molar-refractivity contribution is 0.315. The first kappa shape index (κ1) is 12.4. The molecule has 0 aliphatic heterocycles. The molecular formula is C12H18BrNO. The second-order valence-corrected chi connectivity index (χ2v) is 4.65. The summed E-state index contributed by atoms with van der Waals surface area (Å²) in [6.07, 6.45) is 1.03. The van der Waals surface area contributed by atoms with Crippen LogP contribution in [0, 0.1) is 0 Å². The monoisotopic (exact) mass is 271 g/mol. The predicted octanol–water partition coefficient (Wildman–Crippen LogP) is 4.06. The predicted molar refractivity (Wildman–Crippen MR) is 68.7 cm³/mol. The van der Waals surface area contributed by atoms with E-state index in [2.05, 4.69) is 42.0 Å². The van der Waals surface area contributed by atoms with E-state index in [1.165, 1.54) is 0 Å². The number of benzene rings is 1. The quantitative estimate of drug-likeness (QED) is 0.872. The maximum absolute atomic E-state index is 5.57. The number of anilines is 1. The fourth-order valence-electron chi connectivity index (χ4n) is 1.25. The van der Waals surface area contributed by atoms with Crippen LogP contribution in [0.2, 0.25) is 0 Å². The third-order valence-corrected chi connectivity index (χ3v) is 2.47. The first-order chi connectivity index (χ1) is 7.13. The lowest BCUT2D eigenvalue weighted by Crippen LogP contribution is -2.09. The summed E-state index contributed by atoms with van der Waals surface area (Å²) in [6, 6.07) is 6.52. The molecule has 1 rings (SSSR count). The van der Waals surface area contributed by atoms with Crippen LogP contribution < -0.4 is 10.1 Å². The highest BCUT2D eigenvalue weighted by atomic mass is 79.9. The second-order valence-electron chi connectivity index (χ2n) is 3.79. The third kappa shape index (κ3) is 4.12. The van der Waals surface area contributed by atoms with Crippen LogP contribution in [0.15, 0.2) is 22.7 Å². The molecule has 0 amide bonds. The van der Waals surface area contributed by atoms with Crippen molar-refractivity contribution in [2.24, 2.45) is 0 Å². The third-order valence-electron chi connectivity index (χ3n) is 1.85. The maximum Gasteiger partial charge on any atom is 0.133 e. The summed E-state index contributed by atoms with van der Waals surface area (Å²) in [6.45, 7) is 7.10. The molecule has 3 heteroatoms. The van der Waals surface area contributed by atoms with E-state index in [0.717, 1.165) is 28.9 Å². The molecule has 0 atom stereocenters. The first-order valence-corrected chi connectivity index (χ1v) is 6.11. The number of hydrogen-bond donors (Lipinski definition) is 1. The summed E-state index contributed by atoms with van der Waals surface area (Å²) in [5.41, 5.74) is 1.11. The van der Waals surface area contributed by atoms with Crippen molar-refractivity contribution in [2.75, 3.05) is 11.9 Å². The standard InChI is InChI=1S/C12H18BrNO/c1-4-7-15-12-6-5-10(8-11(12)13)14-9(2)3/h5-6,8-9,14H,4,7H2,1-3H3. The Labute approximate surface area is 100 Å². The average Bonchev–Trinajstić information content (AvgIpc) is 2.15. The molecule has 0 unspecified atom stereocenters. The number of nitrogens with one attached hydrogen (secondary N) is 1. The Balaban J connectivity index is 2.69. The van der Waals surface area contributed by atoms with Crippen molar-refractivity contribution >= 4 is 21.6 Å². The second kappa shape index (κ2) is 6.01. The topological polar surface area (TPSA) is 21.3 Å². The molecular weight excluding hydrogens is 254 g/mol. The van der Waals surface area contributed by atoms with Gasteiger partial charge in [0.2, 0.25) is 0 Å². The van der Waals surface area contributed by atoms with Gasteiger partial charge in [-0.3, -0.25) is 0 Å². The highest BCUT2D eigenvalue weighted by Crippen LogP contribution is 2.28. The zero-order chi connectivity index (χ0) is 11.3. The number of ether oxygens (including phenoxy) is 1. The number of rotatable bonds is 5. The van der Waals surface area contributed by atoms with Gasteiger partial charge in [0.15, 0.2) is 0 Å². The van der Waals surface area contributed by atoms with Crippen LogP contribution in [0.25, 0.3) is 0 Å². The lowest BCUT2D eigenvalue weighted by atomic mass is 10.2. The van der Waals surface area contributed by atoms with Crippen molar-refractivity contribution < 1.29 is 4.74 Å². The number of halogens is 1. The van der Waals surface area contributed by atoms with Gasteiger partial charge in [0, 0.05) is 11.7 Å². The maximum atomic E-state index is 5.57. The lowest BCUT2D eigenvalue weighted by Gasteiger charge is -2.12. The minimum Gasteiger partial charge on any atom is -0.492 e. The Morgan fingerprint density at radius 3 is 2.67 bits per heavy atom. The van der Waals surface area contributed by atoms with E-state index < -0.39 is 0 Å². The molecule has 15 heavy (non-hydrogen) atoms. The van der Waals surface area contributed by atoms with Crippen molar-refractivity contribution in [3.05, 3.63) is 22.7 Å². The zero-order valence-electron chi connectivity index (χ0n) is 9.51. The van der Waals surface area contributed by atoms with E-state index in [-0.39, 0.29) is 0 Å². The van der Waals surface area contributed by atoms with E-state index in [9.17, 15) is 0 Å². The highest BCUT2D eigenvalue weighted by molar-refractivity contribution is 9.10. The van der Waals surface area contributed by atoms with Crippen LogP contribution in [0.4, 0.5) is 5.69 Å². The van der Waals surface area contributed by atoms with Gasteiger partial charge in [0.05, 0.1) is 11.1 Å². The Hall–Kier alpha value is -0.700. The molecule has 0 saturated carbocycles. The summed E-state index contributed by atoms with van der Waals surface area (Å²) >= 11 is 3.50. The van der Waals surface area contributed by atoms with Gasteiger partial charge in [0.25, 0.3) is 0 Å². The van der Waals surface area contributed by atoms with E-state index in [4.69, 9.17) is 4.74 Å². The molecule has 0 aliphatic rings. The molecule has 0 radical (unpaired) electrons. The molecule has 1 N–H and O–H groups in total. The Morgan fingerprint density at radius 1 is 1.40 bits per heavy atom. The molecule has 0 heterocycles. The summed E-state index contributed by atoms with van der Waals surface area (Å²) < 4.78 is 6.57. The van der Waals surface area contributed by atoms with Gasteiger partial charge in [-0.1, -0.05) is 6.92 Å². The van der Waals surface area contributed by atoms with Crippen molar-refractivity contribution in [1.82, 2.24) is 0 Å². The van der Waals surface area contributed by atoms with E-state index in [0.29, 0.717) is 6.04 Å². The molecule has 0 aromatic heterocycles. The minimum atomic E-state index is 0.444. The van der Waals surface area contributed by atoms with Gasteiger partial charge < -0.3 is 10.1 Å². The Bertz CT molecular complexity index is 312. The van der Waals surface area contributed by atoms with Crippen LogP contribution >= 0.6 is 15.9 Å². The molecule has 0 fully saturated rings. The van der Waals surface area contributed by atoms with Gasteiger partial charge in [-0.15, -0.1) is 0 Å². The largest absolute Gasteiger partial charge is 0.492 e. The van der Waals surface area contributed by atoms with Crippen LogP contribution in [0.3, 0.4) is 0 Å². The van der Waals surface area contributed by atoms with Crippen LogP contribution in [-0.4, -0.2) is 12.6 Å². The van der Waals surface area contributed by atoms with E-state index in [1.807, 2.05) is 18.2 Å². The first-order valence-electron chi connectivity index (χ1n) is 5.32. The number of hydrogen-bond acceptors (Lipinski definition) is 2.